The highest BCUT2D eigenvalue weighted by atomic mass is 35.5. The molecule has 0 aliphatic carbocycles. The zero-order valence-electron chi connectivity index (χ0n) is 20.5. The first-order chi connectivity index (χ1) is 17.9. The number of imidazole rings is 1. The highest BCUT2D eigenvalue weighted by molar-refractivity contribution is 6.33. The molecular weight excluding hydrogens is 488 g/mol. The minimum absolute atomic E-state index is 0.239. The quantitative estimate of drug-likeness (QED) is 0.276. The molecule has 0 unspecified atom stereocenters. The lowest BCUT2D eigenvalue weighted by atomic mass is 9.89. The highest BCUT2D eigenvalue weighted by Gasteiger charge is 2.37. The maximum absolute atomic E-state index is 12.9. The number of nitrogens with one attached hydrogen (secondary N) is 2. The van der Waals surface area contributed by atoms with Crippen LogP contribution >= 0.6 is 11.6 Å². The van der Waals surface area contributed by atoms with E-state index in [0.29, 0.717) is 30.4 Å². The molecule has 4 aromatic rings. The van der Waals surface area contributed by atoms with E-state index in [0.717, 1.165) is 39.3 Å². The Kier molecular flexibility index (Phi) is 7.02. The van der Waals surface area contributed by atoms with E-state index >= 15 is 0 Å². The summed E-state index contributed by atoms with van der Waals surface area (Å²) in [5, 5.41) is 23.4. The van der Waals surface area contributed by atoms with Crippen LogP contribution in [0.15, 0.2) is 72.9 Å². The van der Waals surface area contributed by atoms with E-state index in [-0.39, 0.29) is 5.91 Å². The lowest BCUT2D eigenvalue weighted by Gasteiger charge is -2.36. The van der Waals surface area contributed by atoms with Crippen LogP contribution in [0.25, 0.3) is 22.6 Å². The normalized spacial score (nSPS) is 13.4. The Morgan fingerprint density at radius 1 is 1.11 bits per heavy atom. The number of hydrogen-bond acceptors (Lipinski definition) is 5. The van der Waals surface area contributed by atoms with E-state index < -0.39 is 18.6 Å². The molecular formula is C29H29ClN4O3. The summed E-state index contributed by atoms with van der Waals surface area (Å²) in [6.45, 7) is 1.74. The van der Waals surface area contributed by atoms with Crippen molar-refractivity contribution >= 4 is 28.9 Å². The molecule has 5 rings (SSSR count). The standard InChI is InChI=1S/C29H29ClN4O3/c1-29(17-35,18-36)28(37)34-13-12-22-20(16-34)8-5-9-25(22)32-21-10-11-24(30)23(14-21)27-31-15-26(33-27)19-6-3-2-4-7-19/h2-11,14-15,32,35-36H,12-13,16-18H2,1H3,(H,31,33). The third-order valence-electron chi connectivity index (χ3n) is 6.93. The first kappa shape index (κ1) is 25.0. The molecule has 4 N–H and O–H groups in total. The average molecular weight is 517 g/mol. The van der Waals surface area contributed by atoms with Gasteiger partial charge in [0.25, 0.3) is 0 Å². The average Bonchev–Trinajstić information content (AvgIpc) is 3.44. The van der Waals surface area contributed by atoms with E-state index in [9.17, 15) is 15.0 Å². The molecule has 0 atom stereocenters. The number of carbonyl (C=O) groups is 1. The Hall–Kier alpha value is -3.65. The maximum Gasteiger partial charge on any atom is 0.233 e. The summed E-state index contributed by atoms with van der Waals surface area (Å²) in [7, 11) is 0. The predicted octanol–water partition coefficient (Wildman–Crippen LogP) is 5.02. The molecule has 0 spiro atoms. The molecule has 0 fully saturated rings. The maximum atomic E-state index is 12.9. The third-order valence-corrected chi connectivity index (χ3v) is 7.26. The molecule has 0 radical (unpaired) electrons. The van der Waals surface area contributed by atoms with Crippen LogP contribution in [0.4, 0.5) is 11.4 Å². The van der Waals surface area contributed by atoms with Crippen LogP contribution in [0.2, 0.25) is 5.02 Å². The molecule has 2 heterocycles. The number of aliphatic hydroxyl groups is 2. The minimum atomic E-state index is -1.18. The smallest absolute Gasteiger partial charge is 0.233 e. The van der Waals surface area contributed by atoms with Crippen molar-refractivity contribution in [3.05, 3.63) is 89.1 Å². The van der Waals surface area contributed by atoms with Crippen LogP contribution in [-0.2, 0) is 17.8 Å². The van der Waals surface area contributed by atoms with Crippen molar-refractivity contribution in [3.63, 3.8) is 0 Å². The second kappa shape index (κ2) is 10.4. The fourth-order valence-electron chi connectivity index (χ4n) is 4.63. The number of hydrogen-bond donors (Lipinski definition) is 4. The van der Waals surface area contributed by atoms with Gasteiger partial charge in [-0.15, -0.1) is 0 Å². The summed E-state index contributed by atoms with van der Waals surface area (Å²) in [5.41, 5.74) is 5.60. The number of aromatic nitrogens is 2. The number of benzene rings is 3. The Morgan fingerprint density at radius 2 is 1.89 bits per heavy atom. The molecule has 1 amide bonds. The zero-order valence-corrected chi connectivity index (χ0v) is 21.3. The van der Waals surface area contributed by atoms with Gasteiger partial charge in [0.15, 0.2) is 0 Å². The second-order valence-corrected chi connectivity index (χ2v) is 10.0. The number of carbonyl (C=O) groups excluding carboxylic acids is 1. The number of aromatic amines is 1. The van der Waals surface area contributed by atoms with Gasteiger partial charge in [-0.25, -0.2) is 4.98 Å². The van der Waals surface area contributed by atoms with Gasteiger partial charge in [0, 0.05) is 30.0 Å². The number of aliphatic hydroxyl groups excluding tert-OH is 2. The Balaban J connectivity index is 1.38. The number of H-pyrrole nitrogens is 1. The summed E-state index contributed by atoms with van der Waals surface area (Å²) in [5.74, 6) is 0.449. The lowest BCUT2D eigenvalue weighted by molar-refractivity contribution is -0.147. The molecule has 8 heteroatoms. The fourth-order valence-corrected chi connectivity index (χ4v) is 4.84. The number of anilines is 2. The summed E-state index contributed by atoms with van der Waals surface area (Å²) in [4.78, 5) is 22.6. The molecule has 7 nitrogen and oxygen atoms in total. The van der Waals surface area contributed by atoms with Gasteiger partial charge in [-0.05, 0) is 54.3 Å². The van der Waals surface area contributed by atoms with Gasteiger partial charge in [0.1, 0.15) is 5.82 Å². The van der Waals surface area contributed by atoms with Crippen LogP contribution in [0.5, 0.6) is 0 Å². The topological polar surface area (TPSA) is 101 Å². The number of fused-ring (bicyclic) bond motifs is 1. The Labute approximate surface area is 220 Å². The van der Waals surface area contributed by atoms with Crippen molar-refractivity contribution in [2.75, 3.05) is 25.1 Å². The summed E-state index contributed by atoms with van der Waals surface area (Å²) < 4.78 is 0. The first-order valence-corrected chi connectivity index (χ1v) is 12.6. The van der Waals surface area contributed by atoms with Gasteiger partial charge < -0.3 is 25.4 Å². The van der Waals surface area contributed by atoms with Crippen molar-refractivity contribution in [3.8, 4) is 22.6 Å². The molecule has 1 aromatic heterocycles. The molecule has 1 aliphatic rings. The molecule has 0 bridgehead atoms. The largest absolute Gasteiger partial charge is 0.395 e. The number of nitrogens with zero attached hydrogens (tertiary/aromatic N) is 2. The van der Waals surface area contributed by atoms with Gasteiger partial charge in [-0.1, -0.05) is 54.1 Å². The van der Waals surface area contributed by atoms with Crippen LogP contribution in [0.3, 0.4) is 0 Å². The summed E-state index contributed by atoms with van der Waals surface area (Å²) in [6, 6.07) is 21.8. The van der Waals surface area contributed by atoms with E-state index in [4.69, 9.17) is 11.6 Å². The van der Waals surface area contributed by atoms with Crippen molar-refractivity contribution in [1.82, 2.24) is 14.9 Å². The Morgan fingerprint density at radius 3 is 2.65 bits per heavy atom. The minimum Gasteiger partial charge on any atom is -0.395 e. The van der Waals surface area contributed by atoms with Crippen molar-refractivity contribution in [1.29, 1.82) is 0 Å². The van der Waals surface area contributed by atoms with Gasteiger partial charge in [0.2, 0.25) is 5.91 Å². The second-order valence-electron chi connectivity index (χ2n) is 9.63. The molecule has 37 heavy (non-hydrogen) atoms. The SMILES string of the molecule is CC(CO)(CO)C(=O)N1CCc2c(cccc2Nc2ccc(Cl)c(-c3ncc(-c4ccccc4)[nH]3)c2)C1. The van der Waals surface area contributed by atoms with E-state index in [1.807, 2.05) is 66.7 Å². The molecule has 0 saturated carbocycles. The highest BCUT2D eigenvalue weighted by Crippen LogP contribution is 2.34. The monoisotopic (exact) mass is 516 g/mol. The van der Waals surface area contributed by atoms with Crippen molar-refractivity contribution < 1.29 is 15.0 Å². The lowest BCUT2D eigenvalue weighted by Crippen LogP contribution is -2.48. The van der Waals surface area contributed by atoms with Gasteiger partial charge in [-0.3, -0.25) is 4.79 Å². The van der Waals surface area contributed by atoms with Crippen LogP contribution in [0.1, 0.15) is 18.1 Å². The van der Waals surface area contributed by atoms with Gasteiger partial charge in [-0.2, -0.15) is 0 Å². The summed E-state index contributed by atoms with van der Waals surface area (Å²) >= 11 is 6.55. The van der Waals surface area contributed by atoms with Crippen molar-refractivity contribution in [2.24, 2.45) is 5.41 Å². The molecule has 0 saturated heterocycles. The zero-order chi connectivity index (χ0) is 26.0. The summed E-state index contributed by atoms with van der Waals surface area (Å²) in [6.07, 6.45) is 2.47. The first-order valence-electron chi connectivity index (χ1n) is 12.2. The predicted molar refractivity (Wildman–Crippen MR) is 146 cm³/mol. The molecule has 1 aliphatic heterocycles. The van der Waals surface area contributed by atoms with Crippen molar-refractivity contribution in [2.45, 2.75) is 19.9 Å². The van der Waals surface area contributed by atoms with E-state index in [2.05, 4.69) is 15.3 Å². The van der Waals surface area contributed by atoms with Gasteiger partial charge in [0.05, 0.1) is 35.5 Å². The molecule has 190 valence electrons. The number of halogens is 1. The van der Waals surface area contributed by atoms with Gasteiger partial charge >= 0.3 is 0 Å². The Bertz CT molecular complexity index is 1420. The van der Waals surface area contributed by atoms with E-state index in [1.54, 1.807) is 18.0 Å². The van der Waals surface area contributed by atoms with Crippen LogP contribution in [-0.4, -0.2) is 50.7 Å². The molecule has 3 aromatic carbocycles. The number of rotatable bonds is 7. The van der Waals surface area contributed by atoms with E-state index in [1.165, 1.54) is 0 Å². The third kappa shape index (κ3) is 4.98. The number of amides is 1. The fraction of sp³-hybridized carbons (Fsp3) is 0.241. The van der Waals surface area contributed by atoms with Crippen LogP contribution < -0.4 is 5.32 Å². The van der Waals surface area contributed by atoms with Crippen LogP contribution in [0, 0.1) is 5.41 Å².